The zero-order chi connectivity index (χ0) is 20.3. The van der Waals surface area contributed by atoms with Crippen molar-refractivity contribution in [2.45, 2.75) is 91.1 Å². The topological polar surface area (TPSA) is 74.6 Å². The Morgan fingerprint density at radius 2 is 1.79 bits per heavy atom. The molecule has 9 atom stereocenters. The van der Waals surface area contributed by atoms with Crippen molar-refractivity contribution in [3.05, 3.63) is 0 Å². The third kappa shape index (κ3) is 3.05. The molecule has 2 N–H and O–H groups in total. The van der Waals surface area contributed by atoms with Crippen LogP contribution in [0.15, 0.2) is 0 Å². The SMILES string of the molecule is CC(CCC(=O)O)C1CCC2C3CC(=O)C4CC(O)CCC4(C)C3CCC12C. The molecule has 4 rings (SSSR count). The number of Topliss-reactive ketones (excluding diaryl/α,β-unsaturated/α-hetero) is 1. The molecule has 0 aromatic rings. The quantitative estimate of drug-likeness (QED) is 0.730. The highest BCUT2D eigenvalue weighted by molar-refractivity contribution is 5.83. The van der Waals surface area contributed by atoms with E-state index in [9.17, 15) is 14.7 Å². The first-order valence-corrected chi connectivity index (χ1v) is 11.6. The van der Waals surface area contributed by atoms with Gasteiger partial charge in [0.25, 0.3) is 0 Å². The van der Waals surface area contributed by atoms with Gasteiger partial charge in [0, 0.05) is 18.8 Å². The number of aliphatic hydroxyl groups is 1. The Hall–Kier alpha value is -0.900. The van der Waals surface area contributed by atoms with Crippen LogP contribution in [0.25, 0.3) is 0 Å². The fourth-order valence-corrected chi connectivity index (χ4v) is 8.55. The number of rotatable bonds is 4. The average molecular weight is 391 g/mol. The predicted molar refractivity (Wildman–Crippen MR) is 108 cm³/mol. The maximum Gasteiger partial charge on any atom is 0.303 e. The number of carboxylic acid groups (broad SMARTS) is 1. The second-order valence-electron chi connectivity index (χ2n) is 11.2. The van der Waals surface area contributed by atoms with Crippen molar-refractivity contribution in [3.63, 3.8) is 0 Å². The lowest BCUT2D eigenvalue weighted by Crippen LogP contribution is -2.57. The van der Waals surface area contributed by atoms with Crippen LogP contribution in [0.2, 0.25) is 0 Å². The Morgan fingerprint density at radius 3 is 2.50 bits per heavy atom. The Balaban J connectivity index is 1.55. The molecule has 0 aromatic heterocycles. The molecule has 28 heavy (non-hydrogen) atoms. The molecule has 4 fully saturated rings. The first-order chi connectivity index (χ1) is 13.2. The minimum absolute atomic E-state index is 0.0635. The van der Waals surface area contributed by atoms with E-state index in [0.717, 1.165) is 19.3 Å². The number of ketones is 1. The lowest BCUT2D eigenvalue weighted by Gasteiger charge is -2.60. The molecule has 4 saturated carbocycles. The predicted octanol–water partition coefficient (Wildman–Crippen LogP) is 4.69. The zero-order valence-corrected chi connectivity index (χ0v) is 17.8. The summed E-state index contributed by atoms with van der Waals surface area (Å²) >= 11 is 0. The molecule has 0 saturated heterocycles. The normalized spacial score (nSPS) is 49.1. The number of hydrogen-bond acceptors (Lipinski definition) is 3. The van der Waals surface area contributed by atoms with Gasteiger partial charge < -0.3 is 10.2 Å². The second-order valence-corrected chi connectivity index (χ2v) is 11.2. The molecule has 0 aromatic carbocycles. The Bertz CT molecular complexity index is 645. The van der Waals surface area contributed by atoms with Crippen LogP contribution in [0.5, 0.6) is 0 Å². The van der Waals surface area contributed by atoms with Gasteiger partial charge in [0.1, 0.15) is 5.78 Å². The van der Waals surface area contributed by atoms with Crippen LogP contribution in [0, 0.1) is 46.3 Å². The fourth-order valence-electron chi connectivity index (χ4n) is 8.55. The van der Waals surface area contributed by atoms with Crippen LogP contribution >= 0.6 is 0 Å². The highest BCUT2D eigenvalue weighted by atomic mass is 16.4. The van der Waals surface area contributed by atoms with Crippen LogP contribution < -0.4 is 0 Å². The number of carbonyl (C=O) groups is 2. The maximum atomic E-state index is 13.1. The Kier molecular flexibility index (Phi) is 5.17. The molecule has 0 spiro atoms. The fraction of sp³-hybridized carbons (Fsp3) is 0.917. The first kappa shape index (κ1) is 20.4. The summed E-state index contributed by atoms with van der Waals surface area (Å²) in [7, 11) is 0. The monoisotopic (exact) mass is 390 g/mol. The lowest BCUT2D eigenvalue weighted by molar-refractivity contribution is -0.160. The summed E-state index contributed by atoms with van der Waals surface area (Å²) in [6.45, 7) is 7.05. The number of carboxylic acids is 1. The van der Waals surface area contributed by atoms with Crippen LogP contribution in [-0.2, 0) is 9.59 Å². The van der Waals surface area contributed by atoms with E-state index in [1.54, 1.807) is 0 Å². The van der Waals surface area contributed by atoms with Crippen LogP contribution in [-0.4, -0.2) is 28.1 Å². The van der Waals surface area contributed by atoms with Crippen molar-refractivity contribution in [3.8, 4) is 0 Å². The van der Waals surface area contributed by atoms with E-state index in [1.165, 1.54) is 25.7 Å². The van der Waals surface area contributed by atoms with Gasteiger partial charge in [0.05, 0.1) is 6.10 Å². The molecule has 158 valence electrons. The van der Waals surface area contributed by atoms with Crippen LogP contribution in [0.1, 0.15) is 85.0 Å². The van der Waals surface area contributed by atoms with E-state index >= 15 is 0 Å². The summed E-state index contributed by atoms with van der Waals surface area (Å²) in [5, 5.41) is 19.2. The van der Waals surface area contributed by atoms with E-state index in [4.69, 9.17) is 5.11 Å². The van der Waals surface area contributed by atoms with Gasteiger partial charge in [0.15, 0.2) is 0 Å². The van der Waals surface area contributed by atoms with Gasteiger partial charge in [-0.1, -0.05) is 20.8 Å². The second kappa shape index (κ2) is 7.11. The van der Waals surface area contributed by atoms with E-state index in [1.807, 2.05) is 0 Å². The van der Waals surface area contributed by atoms with Crippen molar-refractivity contribution in [2.24, 2.45) is 46.3 Å². The van der Waals surface area contributed by atoms with E-state index in [2.05, 4.69) is 20.8 Å². The number of fused-ring (bicyclic) bond motifs is 5. The third-order valence-corrected chi connectivity index (χ3v) is 10.0. The molecule has 9 unspecified atom stereocenters. The highest BCUT2D eigenvalue weighted by Gasteiger charge is 2.62. The van der Waals surface area contributed by atoms with Gasteiger partial charge in [-0.15, -0.1) is 0 Å². The highest BCUT2D eigenvalue weighted by Crippen LogP contribution is 2.67. The van der Waals surface area contributed by atoms with Gasteiger partial charge in [-0.25, -0.2) is 0 Å². The molecular formula is C24H38O4. The van der Waals surface area contributed by atoms with Crippen molar-refractivity contribution < 1.29 is 19.8 Å². The summed E-state index contributed by atoms with van der Waals surface area (Å²) in [6.07, 6.45) is 8.80. The average Bonchev–Trinajstić information content (AvgIpc) is 2.99. The zero-order valence-electron chi connectivity index (χ0n) is 17.8. The summed E-state index contributed by atoms with van der Waals surface area (Å²) < 4.78 is 0. The molecule has 0 heterocycles. The van der Waals surface area contributed by atoms with E-state index in [0.29, 0.717) is 48.2 Å². The molecule has 0 aliphatic heterocycles. The maximum absolute atomic E-state index is 13.1. The Labute approximate surface area is 169 Å². The van der Waals surface area contributed by atoms with Gasteiger partial charge in [-0.2, -0.15) is 0 Å². The smallest absolute Gasteiger partial charge is 0.303 e. The van der Waals surface area contributed by atoms with Gasteiger partial charge in [-0.3, -0.25) is 9.59 Å². The molecule has 0 radical (unpaired) electrons. The van der Waals surface area contributed by atoms with Crippen LogP contribution in [0.4, 0.5) is 0 Å². The number of aliphatic hydroxyl groups excluding tert-OH is 1. The van der Waals surface area contributed by atoms with Crippen molar-refractivity contribution >= 4 is 11.8 Å². The van der Waals surface area contributed by atoms with Crippen molar-refractivity contribution in [1.82, 2.24) is 0 Å². The van der Waals surface area contributed by atoms with E-state index in [-0.39, 0.29) is 29.3 Å². The Morgan fingerprint density at radius 1 is 1.11 bits per heavy atom. The summed E-state index contributed by atoms with van der Waals surface area (Å²) in [6, 6.07) is 0. The summed E-state index contributed by atoms with van der Waals surface area (Å²) in [5.74, 6) is 2.54. The van der Waals surface area contributed by atoms with Gasteiger partial charge in [-0.05, 0) is 91.8 Å². The number of carbonyl (C=O) groups excluding carboxylic acids is 1. The summed E-state index contributed by atoms with van der Waals surface area (Å²) in [5.41, 5.74) is 0.338. The molecule has 0 amide bonds. The van der Waals surface area contributed by atoms with Crippen LogP contribution in [0.3, 0.4) is 0 Å². The van der Waals surface area contributed by atoms with Gasteiger partial charge >= 0.3 is 5.97 Å². The number of aliphatic carboxylic acids is 1. The molecule has 4 heteroatoms. The molecular weight excluding hydrogens is 352 g/mol. The third-order valence-electron chi connectivity index (χ3n) is 10.0. The van der Waals surface area contributed by atoms with Crippen molar-refractivity contribution in [1.29, 1.82) is 0 Å². The molecule has 0 bridgehead atoms. The minimum Gasteiger partial charge on any atom is -0.481 e. The largest absolute Gasteiger partial charge is 0.481 e. The molecule has 4 nitrogen and oxygen atoms in total. The standard InChI is InChI=1S/C24H38O4/c1-14(4-7-22(27)28)17-5-6-18-16-13-21(26)20-12-15(25)8-10-24(20,3)19(16)9-11-23(17,18)2/h14-20,25H,4-13H2,1-3H3,(H,27,28). The number of hydrogen-bond donors (Lipinski definition) is 2. The van der Waals surface area contributed by atoms with Crippen molar-refractivity contribution in [2.75, 3.05) is 0 Å². The lowest BCUT2D eigenvalue weighted by atomic mass is 9.44. The summed E-state index contributed by atoms with van der Waals surface area (Å²) in [4.78, 5) is 24.2. The van der Waals surface area contributed by atoms with E-state index < -0.39 is 5.97 Å². The first-order valence-electron chi connectivity index (χ1n) is 11.6. The van der Waals surface area contributed by atoms with Gasteiger partial charge in [0.2, 0.25) is 0 Å². The molecule has 4 aliphatic carbocycles. The minimum atomic E-state index is -0.688. The molecule has 4 aliphatic rings.